The van der Waals surface area contributed by atoms with Crippen molar-refractivity contribution in [3.8, 4) is 12.1 Å². The Labute approximate surface area is 128 Å². The van der Waals surface area contributed by atoms with Crippen LogP contribution in [-0.2, 0) is 6.42 Å². The molecule has 2 aromatic carbocycles. The Kier molecular flexibility index (Phi) is 6.47. The molecule has 0 bridgehead atoms. The average molecular weight is 296 g/mol. The van der Waals surface area contributed by atoms with E-state index in [0.717, 1.165) is 5.56 Å². The van der Waals surface area contributed by atoms with Crippen LogP contribution in [0, 0.1) is 34.3 Å². The first-order valence-corrected chi connectivity index (χ1v) is 6.56. The highest BCUT2D eigenvalue weighted by molar-refractivity contribution is 5.56. The Hall–Kier alpha value is -2.98. The lowest BCUT2D eigenvalue weighted by molar-refractivity contribution is 0.625. The van der Waals surface area contributed by atoms with E-state index < -0.39 is 0 Å². The molecule has 0 heterocycles. The number of hydrogen-bond donors (Lipinski definition) is 0. The molecule has 0 N–H and O–H groups in total. The first kappa shape index (κ1) is 17.1. The van der Waals surface area contributed by atoms with E-state index >= 15 is 0 Å². The lowest BCUT2D eigenvalue weighted by Gasteiger charge is -1.98. The summed E-state index contributed by atoms with van der Waals surface area (Å²) in [6.07, 6.45) is 2.16. The van der Waals surface area contributed by atoms with Gasteiger partial charge in [-0.1, -0.05) is 19.6 Å². The Bertz CT molecular complexity index is 753. The number of hydrogen-bond acceptors (Lipinski definition) is 2. The Morgan fingerprint density at radius 3 is 2.05 bits per heavy atom. The number of nitrogens with zero attached hydrogens (tertiary/aromatic N) is 2. The summed E-state index contributed by atoms with van der Waals surface area (Å²) in [7, 11) is 0. The van der Waals surface area contributed by atoms with Crippen LogP contribution in [0.5, 0.6) is 0 Å². The number of aryl methyl sites for hydroxylation is 1. The van der Waals surface area contributed by atoms with Gasteiger partial charge in [0.05, 0.1) is 23.3 Å². The van der Waals surface area contributed by atoms with Gasteiger partial charge in [0.25, 0.3) is 0 Å². The molecular weight excluding hydrogens is 282 g/mol. The fourth-order valence-corrected chi connectivity index (χ4v) is 1.77. The van der Waals surface area contributed by atoms with Gasteiger partial charge in [-0.2, -0.15) is 10.5 Å². The van der Waals surface area contributed by atoms with Gasteiger partial charge in [0.1, 0.15) is 11.6 Å². The van der Waals surface area contributed by atoms with Crippen molar-refractivity contribution in [1.29, 1.82) is 10.5 Å². The Morgan fingerprint density at radius 1 is 1.00 bits per heavy atom. The van der Waals surface area contributed by atoms with Crippen LogP contribution in [0.4, 0.5) is 8.78 Å². The maximum atomic E-state index is 12.6. The monoisotopic (exact) mass is 296 g/mol. The molecule has 0 aromatic heterocycles. The molecule has 0 unspecified atom stereocenters. The lowest BCUT2D eigenvalue weighted by Crippen LogP contribution is -1.88. The molecule has 4 heteroatoms. The van der Waals surface area contributed by atoms with Crippen LogP contribution in [0.2, 0.25) is 0 Å². The fourth-order valence-electron chi connectivity index (χ4n) is 1.77. The summed E-state index contributed by atoms with van der Waals surface area (Å²) in [6, 6.07) is 12.1. The quantitative estimate of drug-likeness (QED) is 0.813. The number of nitriles is 2. The number of benzene rings is 2. The standard InChI is InChI=1S/C9H8FN.C9H6FN/c2*1-2-7-5-9(10)4-3-8(7)6-11/h3-5H,2H2,1H3;2-5H,1H2. The molecule has 110 valence electrons. The lowest BCUT2D eigenvalue weighted by atomic mass is 10.1. The topological polar surface area (TPSA) is 47.6 Å². The van der Waals surface area contributed by atoms with Crippen molar-refractivity contribution in [2.24, 2.45) is 0 Å². The molecular formula is C18H14F2N2. The van der Waals surface area contributed by atoms with Gasteiger partial charge >= 0.3 is 0 Å². The highest BCUT2D eigenvalue weighted by atomic mass is 19.1. The molecule has 0 radical (unpaired) electrons. The van der Waals surface area contributed by atoms with E-state index in [1.54, 1.807) is 0 Å². The maximum Gasteiger partial charge on any atom is 0.123 e. The number of rotatable bonds is 2. The third-order valence-corrected chi connectivity index (χ3v) is 2.92. The average Bonchev–Trinajstić information content (AvgIpc) is 2.55. The highest BCUT2D eigenvalue weighted by Crippen LogP contribution is 2.11. The van der Waals surface area contributed by atoms with Crippen LogP contribution in [0.25, 0.3) is 6.08 Å². The normalized spacial score (nSPS) is 8.95. The van der Waals surface area contributed by atoms with E-state index in [4.69, 9.17) is 10.5 Å². The second-order valence-electron chi connectivity index (χ2n) is 4.31. The van der Waals surface area contributed by atoms with Gasteiger partial charge in [0.15, 0.2) is 0 Å². The van der Waals surface area contributed by atoms with E-state index in [1.165, 1.54) is 42.5 Å². The summed E-state index contributed by atoms with van der Waals surface area (Å²) in [4.78, 5) is 0. The summed E-state index contributed by atoms with van der Waals surface area (Å²) in [5.41, 5.74) is 2.32. The van der Waals surface area contributed by atoms with Crippen molar-refractivity contribution in [1.82, 2.24) is 0 Å². The first-order chi connectivity index (χ1) is 10.5. The molecule has 22 heavy (non-hydrogen) atoms. The molecule has 2 aromatic rings. The molecule has 0 atom stereocenters. The van der Waals surface area contributed by atoms with Crippen molar-refractivity contribution < 1.29 is 8.78 Å². The predicted molar refractivity (Wildman–Crippen MR) is 81.7 cm³/mol. The molecule has 0 saturated carbocycles. The van der Waals surface area contributed by atoms with E-state index in [0.29, 0.717) is 23.1 Å². The zero-order valence-corrected chi connectivity index (χ0v) is 12.1. The molecule has 2 nitrogen and oxygen atoms in total. The van der Waals surface area contributed by atoms with Gasteiger partial charge in [-0.3, -0.25) is 0 Å². The minimum absolute atomic E-state index is 0.277. The Balaban J connectivity index is 0.000000220. The second kappa shape index (κ2) is 8.34. The first-order valence-electron chi connectivity index (χ1n) is 6.56. The van der Waals surface area contributed by atoms with Crippen molar-refractivity contribution in [3.63, 3.8) is 0 Å². The van der Waals surface area contributed by atoms with Crippen LogP contribution in [0.1, 0.15) is 29.2 Å². The molecule has 0 saturated heterocycles. The van der Waals surface area contributed by atoms with Gasteiger partial charge in [-0.05, 0) is 53.9 Å². The van der Waals surface area contributed by atoms with Crippen LogP contribution in [-0.4, -0.2) is 0 Å². The third-order valence-electron chi connectivity index (χ3n) is 2.92. The van der Waals surface area contributed by atoms with E-state index in [-0.39, 0.29) is 11.6 Å². The van der Waals surface area contributed by atoms with Crippen molar-refractivity contribution in [3.05, 3.63) is 76.9 Å². The summed E-state index contributed by atoms with van der Waals surface area (Å²) >= 11 is 0. The van der Waals surface area contributed by atoms with Gasteiger partial charge in [-0.15, -0.1) is 0 Å². The molecule has 0 aliphatic rings. The largest absolute Gasteiger partial charge is 0.207 e. The van der Waals surface area contributed by atoms with Crippen molar-refractivity contribution in [2.45, 2.75) is 13.3 Å². The smallest absolute Gasteiger partial charge is 0.123 e. The van der Waals surface area contributed by atoms with Gasteiger partial charge in [0, 0.05) is 0 Å². The highest BCUT2D eigenvalue weighted by Gasteiger charge is 2.00. The molecule has 0 aliphatic heterocycles. The summed E-state index contributed by atoms with van der Waals surface area (Å²) < 4.78 is 25.1. The van der Waals surface area contributed by atoms with Crippen molar-refractivity contribution >= 4 is 6.08 Å². The minimum Gasteiger partial charge on any atom is -0.207 e. The molecule has 0 amide bonds. The van der Waals surface area contributed by atoms with Crippen LogP contribution in [0.15, 0.2) is 43.0 Å². The van der Waals surface area contributed by atoms with Gasteiger partial charge in [0.2, 0.25) is 0 Å². The summed E-state index contributed by atoms with van der Waals surface area (Å²) in [6.45, 7) is 5.36. The second-order valence-corrected chi connectivity index (χ2v) is 4.31. The SMILES string of the molecule is C=Cc1cc(F)ccc1C#N.CCc1cc(F)ccc1C#N. The predicted octanol–water partition coefficient (Wildman–Crippen LogP) is 4.60. The molecule has 0 aliphatic carbocycles. The zero-order valence-electron chi connectivity index (χ0n) is 12.1. The van der Waals surface area contributed by atoms with E-state index in [1.807, 2.05) is 19.1 Å². The van der Waals surface area contributed by atoms with Gasteiger partial charge in [-0.25, -0.2) is 8.78 Å². The molecule has 2 rings (SSSR count). The number of halogens is 2. The van der Waals surface area contributed by atoms with Gasteiger partial charge < -0.3 is 0 Å². The van der Waals surface area contributed by atoms with Crippen LogP contribution >= 0.6 is 0 Å². The van der Waals surface area contributed by atoms with Crippen LogP contribution < -0.4 is 0 Å². The maximum absolute atomic E-state index is 12.6. The third kappa shape index (κ3) is 4.54. The van der Waals surface area contributed by atoms with Crippen LogP contribution in [0.3, 0.4) is 0 Å². The van der Waals surface area contributed by atoms with E-state index in [9.17, 15) is 8.78 Å². The summed E-state index contributed by atoms with van der Waals surface area (Å²) in [5, 5.41) is 17.1. The summed E-state index contributed by atoms with van der Waals surface area (Å²) in [5.74, 6) is -0.625. The van der Waals surface area contributed by atoms with E-state index in [2.05, 4.69) is 6.58 Å². The Morgan fingerprint density at radius 2 is 1.55 bits per heavy atom. The minimum atomic E-state index is -0.348. The molecule has 0 fully saturated rings. The molecule has 0 spiro atoms. The zero-order chi connectivity index (χ0) is 16.5. The van der Waals surface area contributed by atoms with Crippen molar-refractivity contribution in [2.75, 3.05) is 0 Å². The fraction of sp³-hybridized carbons (Fsp3) is 0.111.